The minimum atomic E-state index is 0.891. The monoisotopic (exact) mass is 346 g/mol. The summed E-state index contributed by atoms with van der Waals surface area (Å²) in [6, 6.07) is 15.1. The van der Waals surface area contributed by atoms with Crippen molar-refractivity contribution in [2.45, 2.75) is 26.8 Å². The molecule has 0 amide bonds. The van der Waals surface area contributed by atoms with Crippen LogP contribution in [0.3, 0.4) is 0 Å². The minimum Gasteiger partial charge on any atom is -0.497 e. The van der Waals surface area contributed by atoms with Gasteiger partial charge in [-0.2, -0.15) is 0 Å². The largest absolute Gasteiger partial charge is 0.497 e. The topological polar surface area (TPSA) is 17.4 Å². The molecule has 0 unspecified atom stereocenters. The molecular weight excluding hydrogens is 320 g/mol. The number of methoxy groups -OCH3 is 1. The highest BCUT2D eigenvalue weighted by Gasteiger charge is 2.21. The number of fused-ring (bicyclic) bond motifs is 3. The standard InChI is InChI=1S/C23H26N2O/c1-16-5-10-22-21(13-16)20-11-12-24(3)15-23(20)25(22)14-17(2)18-6-8-19(26-4)9-7-18/h5-10,13-14H,11-12,15H2,1-4H3/b17-14+. The molecule has 0 saturated carbocycles. The van der Waals surface area contributed by atoms with Crippen LogP contribution in [-0.2, 0) is 13.0 Å². The lowest BCUT2D eigenvalue weighted by Crippen LogP contribution is -2.27. The Labute approximate surface area is 155 Å². The fourth-order valence-corrected chi connectivity index (χ4v) is 3.91. The fourth-order valence-electron chi connectivity index (χ4n) is 3.91. The highest BCUT2D eigenvalue weighted by atomic mass is 16.5. The summed E-state index contributed by atoms with van der Waals surface area (Å²) in [5, 5.41) is 1.41. The molecule has 0 spiro atoms. The molecule has 0 saturated heterocycles. The number of benzene rings is 2. The van der Waals surface area contributed by atoms with Crippen molar-refractivity contribution in [1.82, 2.24) is 9.47 Å². The second-order valence-corrected chi connectivity index (χ2v) is 7.34. The lowest BCUT2D eigenvalue weighted by Gasteiger charge is -2.24. The quantitative estimate of drug-likeness (QED) is 0.666. The Hall–Kier alpha value is -2.52. The third-order valence-corrected chi connectivity index (χ3v) is 5.41. The van der Waals surface area contributed by atoms with E-state index in [-0.39, 0.29) is 0 Å². The molecule has 0 bridgehead atoms. The number of likely N-dealkylation sites (N-methyl/N-ethyl adjacent to an activating group) is 1. The number of nitrogens with zero attached hydrogens (tertiary/aromatic N) is 2. The molecule has 3 heteroatoms. The second-order valence-electron chi connectivity index (χ2n) is 7.34. The molecule has 0 fully saturated rings. The number of allylic oxidation sites excluding steroid dienone is 1. The van der Waals surface area contributed by atoms with Gasteiger partial charge in [-0.3, -0.25) is 0 Å². The Kier molecular flexibility index (Phi) is 4.33. The van der Waals surface area contributed by atoms with Crippen LogP contribution in [0.2, 0.25) is 0 Å². The van der Waals surface area contributed by atoms with Crippen LogP contribution in [-0.4, -0.2) is 30.2 Å². The molecular formula is C23H26N2O. The van der Waals surface area contributed by atoms with Gasteiger partial charge >= 0.3 is 0 Å². The predicted molar refractivity (Wildman–Crippen MR) is 110 cm³/mol. The molecule has 0 radical (unpaired) electrons. The third kappa shape index (κ3) is 2.93. The summed E-state index contributed by atoms with van der Waals surface area (Å²) < 4.78 is 7.68. The molecule has 0 atom stereocenters. The van der Waals surface area contributed by atoms with E-state index >= 15 is 0 Å². The Morgan fingerprint density at radius 1 is 1.12 bits per heavy atom. The summed E-state index contributed by atoms with van der Waals surface area (Å²) in [4.78, 5) is 2.40. The molecule has 2 heterocycles. The zero-order chi connectivity index (χ0) is 18.3. The van der Waals surface area contributed by atoms with Crippen LogP contribution in [0.4, 0.5) is 0 Å². The molecule has 2 aromatic carbocycles. The summed E-state index contributed by atoms with van der Waals surface area (Å²) in [6.07, 6.45) is 3.41. The summed E-state index contributed by atoms with van der Waals surface area (Å²) in [5.41, 5.74) is 8.04. The zero-order valence-electron chi connectivity index (χ0n) is 16.0. The highest BCUT2D eigenvalue weighted by Crippen LogP contribution is 2.32. The lowest BCUT2D eigenvalue weighted by molar-refractivity contribution is 0.308. The van der Waals surface area contributed by atoms with Gasteiger partial charge in [-0.05, 0) is 68.3 Å². The van der Waals surface area contributed by atoms with Crippen LogP contribution in [0.5, 0.6) is 5.75 Å². The Balaban J connectivity index is 1.86. The Bertz CT molecular complexity index is 980. The number of aromatic nitrogens is 1. The van der Waals surface area contributed by atoms with E-state index in [0.717, 1.165) is 25.3 Å². The number of rotatable bonds is 3. The summed E-state index contributed by atoms with van der Waals surface area (Å²) >= 11 is 0. The number of aryl methyl sites for hydroxylation is 1. The molecule has 26 heavy (non-hydrogen) atoms. The van der Waals surface area contributed by atoms with E-state index in [0.29, 0.717) is 0 Å². The SMILES string of the molecule is COc1ccc(/C(C)=C/n2c3c(c4cc(C)ccc42)CCN(C)C3)cc1. The minimum absolute atomic E-state index is 0.891. The zero-order valence-corrected chi connectivity index (χ0v) is 16.0. The van der Waals surface area contributed by atoms with Crippen LogP contribution in [0.15, 0.2) is 42.5 Å². The molecule has 4 rings (SSSR count). The first-order valence-corrected chi connectivity index (χ1v) is 9.20. The first kappa shape index (κ1) is 16.9. The highest BCUT2D eigenvalue weighted by molar-refractivity contribution is 5.90. The van der Waals surface area contributed by atoms with E-state index < -0.39 is 0 Å². The molecule has 1 aliphatic rings. The molecule has 1 aromatic heterocycles. The van der Waals surface area contributed by atoms with Gasteiger partial charge in [0.2, 0.25) is 0 Å². The van der Waals surface area contributed by atoms with Crippen molar-refractivity contribution >= 4 is 22.7 Å². The van der Waals surface area contributed by atoms with Gasteiger partial charge in [0.25, 0.3) is 0 Å². The first-order valence-electron chi connectivity index (χ1n) is 9.20. The van der Waals surface area contributed by atoms with Gasteiger partial charge < -0.3 is 14.2 Å². The molecule has 134 valence electrons. The molecule has 3 aromatic rings. The normalized spacial score (nSPS) is 15.3. The van der Waals surface area contributed by atoms with E-state index in [9.17, 15) is 0 Å². The third-order valence-electron chi connectivity index (χ3n) is 5.41. The van der Waals surface area contributed by atoms with Crippen molar-refractivity contribution in [2.75, 3.05) is 20.7 Å². The van der Waals surface area contributed by atoms with Crippen molar-refractivity contribution in [3.8, 4) is 5.75 Å². The number of hydrogen-bond acceptors (Lipinski definition) is 2. The van der Waals surface area contributed by atoms with Crippen LogP contribution in [0.25, 0.3) is 22.7 Å². The average Bonchev–Trinajstić information content (AvgIpc) is 2.94. The predicted octanol–water partition coefficient (Wildman–Crippen LogP) is 4.96. The van der Waals surface area contributed by atoms with Crippen molar-refractivity contribution in [2.24, 2.45) is 0 Å². The van der Waals surface area contributed by atoms with E-state index in [1.165, 1.54) is 38.9 Å². The number of ether oxygens (including phenoxy) is 1. The Morgan fingerprint density at radius 3 is 2.62 bits per heavy atom. The summed E-state index contributed by atoms with van der Waals surface area (Å²) in [6.45, 7) is 6.48. The molecule has 0 N–H and O–H groups in total. The number of hydrogen-bond donors (Lipinski definition) is 0. The van der Waals surface area contributed by atoms with Crippen molar-refractivity contribution in [3.05, 3.63) is 64.8 Å². The van der Waals surface area contributed by atoms with Crippen LogP contribution >= 0.6 is 0 Å². The summed E-state index contributed by atoms with van der Waals surface area (Å²) in [5.74, 6) is 0.891. The smallest absolute Gasteiger partial charge is 0.118 e. The van der Waals surface area contributed by atoms with E-state index in [1.54, 1.807) is 7.11 Å². The first-order chi connectivity index (χ1) is 12.6. The van der Waals surface area contributed by atoms with Gasteiger partial charge in [0.05, 0.1) is 12.6 Å². The van der Waals surface area contributed by atoms with E-state index in [2.05, 4.69) is 66.9 Å². The fraction of sp³-hybridized carbons (Fsp3) is 0.304. The maximum Gasteiger partial charge on any atom is 0.118 e. The van der Waals surface area contributed by atoms with E-state index in [4.69, 9.17) is 4.74 Å². The molecule has 1 aliphatic heterocycles. The average molecular weight is 346 g/mol. The van der Waals surface area contributed by atoms with Crippen molar-refractivity contribution < 1.29 is 4.74 Å². The second kappa shape index (κ2) is 6.65. The molecule has 3 nitrogen and oxygen atoms in total. The van der Waals surface area contributed by atoms with Crippen LogP contribution in [0.1, 0.15) is 29.3 Å². The van der Waals surface area contributed by atoms with Gasteiger partial charge in [-0.25, -0.2) is 0 Å². The van der Waals surface area contributed by atoms with Gasteiger partial charge in [0.1, 0.15) is 5.75 Å². The van der Waals surface area contributed by atoms with Gasteiger partial charge in [0, 0.05) is 30.4 Å². The van der Waals surface area contributed by atoms with Crippen LogP contribution < -0.4 is 4.74 Å². The van der Waals surface area contributed by atoms with Crippen LogP contribution in [0, 0.1) is 6.92 Å². The van der Waals surface area contributed by atoms with Gasteiger partial charge in [-0.15, -0.1) is 0 Å². The van der Waals surface area contributed by atoms with Crippen molar-refractivity contribution in [3.63, 3.8) is 0 Å². The van der Waals surface area contributed by atoms with Gasteiger partial charge in [-0.1, -0.05) is 23.8 Å². The van der Waals surface area contributed by atoms with Crippen molar-refractivity contribution in [1.29, 1.82) is 0 Å². The maximum atomic E-state index is 5.28. The Morgan fingerprint density at radius 2 is 1.88 bits per heavy atom. The van der Waals surface area contributed by atoms with E-state index in [1.807, 2.05) is 12.1 Å². The van der Waals surface area contributed by atoms with Gasteiger partial charge in [0.15, 0.2) is 0 Å². The summed E-state index contributed by atoms with van der Waals surface area (Å²) in [7, 11) is 3.91. The molecule has 0 aliphatic carbocycles. The maximum absolute atomic E-state index is 5.28. The lowest BCUT2D eigenvalue weighted by atomic mass is 10.0.